The van der Waals surface area contributed by atoms with Crippen molar-refractivity contribution in [2.45, 2.75) is 25.7 Å². The largest absolute Gasteiger partial charge is 0.261 e. The first-order chi connectivity index (χ1) is 10.7. The number of rotatable bonds is 2. The molecule has 2 heterocycles. The van der Waals surface area contributed by atoms with Crippen LogP contribution in [0.4, 0.5) is 0 Å². The van der Waals surface area contributed by atoms with E-state index in [2.05, 4.69) is 10.9 Å². The maximum atomic E-state index is 12.6. The van der Waals surface area contributed by atoms with E-state index >= 15 is 0 Å². The van der Waals surface area contributed by atoms with E-state index in [1.807, 2.05) is 57.2 Å². The summed E-state index contributed by atoms with van der Waals surface area (Å²) >= 11 is 0. The maximum absolute atomic E-state index is 12.6. The van der Waals surface area contributed by atoms with Crippen LogP contribution in [0.15, 0.2) is 53.6 Å². The van der Waals surface area contributed by atoms with Crippen LogP contribution in [0.5, 0.6) is 0 Å². The first-order valence-corrected chi connectivity index (χ1v) is 8.23. The fourth-order valence-electron chi connectivity index (χ4n) is 1.99. The number of aryl methyl sites for hydroxylation is 1. The molecule has 0 spiro atoms. The van der Waals surface area contributed by atoms with Crippen LogP contribution < -0.4 is 0 Å². The lowest BCUT2D eigenvalue weighted by atomic mass is 10.2. The number of aromatic nitrogens is 2. The van der Waals surface area contributed by atoms with Gasteiger partial charge in [0.2, 0.25) is 0 Å². The average Bonchev–Trinajstić information content (AvgIpc) is 2.99. The van der Waals surface area contributed by atoms with E-state index in [1.165, 1.54) is 0 Å². The summed E-state index contributed by atoms with van der Waals surface area (Å²) < 4.78 is 14.3. The molecule has 0 N–H and O–H groups in total. The Bertz CT molecular complexity index is 842. The Morgan fingerprint density at radius 2 is 1.77 bits per heavy atom. The Kier molecular flexibility index (Phi) is 5.13. The summed E-state index contributed by atoms with van der Waals surface area (Å²) in [5.41, 5.74) is 3.28. The molecule has 0 aliphatic carbocycles. The van der Waals surface area contributed by atoms with Crippen molar-refractivity contribution in [1.29, 1.82) is 0 Å². The summed E-state index contributed by atoms with van der Waals surface area (Å²) in [6, 6.07) is 13.1. The van der Waals surface area contributed by atoms with Crippen molar-refractivity contribution in [3.63, 3.8) is 0 Å². The molecule has 0 saturated heterocycles. The molecule has 3 rings (SSSR count). The highest BCUT2D eigenvalue weighted by molar-refractivity contribution is 7.83. The van der Waals surface area contributed by atoms with Gasteiger partial charge in [-0.05, 0) is 37.3 Å². The molecule has 112 valence electrons. The van der Waals surface area contributed by atoms with Crippen LogP contribution in [0.1, 0.15) is 25.1 Å². The Hall–Kier alpha value is -2.38. The number of nitrogens with zero attached hydrogens (tertiary/aromatic N) is 2. The molecular formula is C18H18N2OS. The SMILES string of the molecule is C#Cc1ccc2c(ccn2S(=O)c2ccc(C)cc2)n1.CC. The highest BCUT2D eigenvalue weighted by Crippen LogP contribution is 2.19. The topological polar surface area (TPSA) is 34.9 Å². The summed E-state index contributed by atoms with van der Waals surface area (Å²) in [6.07, 6.45) is 7.11. The molecule has 1 atom stereocenters. The van der Waals surface area contributed by atoms with E-state index in [-0.39, 0.29) is 0 Å². The minimum atomic E-state index is -1.28. The quantitative estimate of drug-likeness (QED) is 0.672. The summed E-state index contributed by atoms with van der Waals surface area (Å²) in [5.74, 6) is 2.50. The van der Waals surface area contributed by atoms with Gasteiger partial charge in [-0.2, -0.15) is 0 Å². The number of fused-ring (bicyclic) bond motifs is 1. The molecule has 2 aromatic heterocycles. The summed E-state index contributed by atoms with van der Waals surface area (Å²) in [7, 11) is -1.28. The molecule has 3 aromatic rings. The molecule has 3 nitrogen and oxygen atoms in total. The third-order valence-corrected chi connectivity index (χ3v) is 4.41. The van der Waals surface area contributed by atoms with Crippen molar-refractivity contribution < 1.29 is 4.21 Å². The Morgan fingerprint density at radius 1 is 1.09 bits per heavy atom. The van der Waals surface area contributed by atoms with Gasteiger partial charge in [0.05, 0.1) is 15.9 Å². The van der Waals surface area contributed by atoms with Crippen molar-refractivity contribution in [3.05, 3.63) is 59.9 Å². The van der Waals surface area contributed by atoms with Gasteiger partial charge in [-0.15, -0.1) is 6.42 Å². The lowest BCUT2D eigenvalue weighted by molar-refractivity contribution is 0.678. The summed E-state index contributed by atoms with van der Waals surface area (Å²) in [5, 5.41) is 0. The normalized spacial score (nSPS) is 11.4. The first-order valence-electron chi connectivity index (χ1n) is 7.13. The predicted octanol–water partition coefficient (Wildman–Crippen LogP) is 3.92. The molecule has 1 unspecified atom stereocenters. The second kappa shape index (κ2) is 7.06. The van der Waals surface area contributed by atoms with Crippen LogP contribution >= 0.6 is 0 Å². The summed E-state index contributed by atoms with van der Waals surface area (Å²) in [4.78, 5) is 5.07. The fraction of sp³-hybridized carbons (Fsp3) is 0.167. The van der Waals surface area contributed by atoms with E-state index < -0.39 is 11.0 Å². The van der Waals surface area contributed by atoms with Gasteiger partial charge in [0.15, 0.2) is 11.0 Å². The zero-order valence-corrected chi connectivity index (χ0v) is 13.7. The Morgan fingerprint density at radius 3 is 2.41 bits per heavy atom. The first kappa shape index (κ1) is 16.0. The van der Waals surface area contributed by atoms with Crippen LogP contribution in [0.2, 0.25) is 0 Å². The Labute approximate surface area is 133 Å². The van der Waals surface area contributed by atoms with Gasteiger partial charge >= 0.3 is 0 Å². The van der Waals surface area contributed by atoms with Crippen molar-refractivity contribution in [2.24, 2.45) is 0 Å². The van der Waals surface area contributed by atoms with Crippen LogP contribution in [-0.4, -0.2) is 13.2 Å². The number of pyridine rings is 1. The molecule has 0 bridgehead atoms. The average molecular weight is 310 g/mol. The minimum Gasteiger partial charge on any atom is -0.261 e. The molecule has 0 amide bonds. The van der Waals surface area contributed by atoms with Crippen molar-refractivity contribution in [3.8, 4) is 12.3 Å². The fourth-order valence-corrected chi connectivity index (χ4v) is 3.09. The number of hydrogen-bond acceptors (Lipinski definition) is 2. The second-order valence-corrected chi connectivity index (χ2v) is 5.81. The predicted molar refractivity (Wildman–Crippen MR) is 92.0 cm³/mol. The van der Waals surface area contributed by atoms with Crippen molar-refractivity contribution >= 4 is 22.0 Å². The van der Waals surface area contributed by atoms with E-state index in [0.717, 1.165) is 21.5 Å². The minimum absolute atomic E-state index is 0.580. The highest BCUT2D eigenvalue weighted by Gasteiger charge is 2.10. The van der Waals surface area contributed by atoms with Gasteiger partial charge in [-0.1, -0.05) is 37.5 Å². The molecule has 0 aliphatic heterocycles. The van der Waals surface area contributed by atoms with Gasteiger partial charge in [0.1, 0.15) is 5.69 Å². The van der Waals surface area contributed by atoms with E-state index in [1.54, 1.807) is 16.2 Å². The number of hydrogen-bond donors (Lipinski definition) is 0. The third-order valence-electron chi connectivity index (χ3n) is 3.06. The zero-order chi connectivity index (χ0) is 16.1. The number of benzene rings is 1. The smallest absolute Gasteiger partial charge is 0.157 e. The summed E-state index contributed by atoms with van der Waals surface area (Å²) in [6.45, 7) is 6.00. The van der Waals surface area contributed by atoms with Crippen molar-refractivity contribution in [2.75, 3.05) is 0 Å². The van der Waals surface area contributed by atoms with Crippen LogP contribution in [-0.2, 0) is 11.0 Å². The van der Waals surface area contributed by atoms with Crippen LogP contribution in [0, 0.1) is 19.3 Å². The molecule has 1 aromatic carbocycles. The van der Waals surface area contributed by atoms with Gasteiger partial charge in [-0.25, -0.2) is 9.19 Å². The zero-order valence-electron chi connectivity index (χ0n) is 12.9. The maximum Gasteiger partial charge on any atom is 0.157 e. The van der Waals surface area contributed by atoms with Crippen molar-refractivity contribution in [1.82, 2.24) is 8.96 Å². The standard InChI is InChI=1S/C16H12N2OS.C2H6/c1-3-13-6-9-16-15(17-13)10-11-18(16)20(19)14-7-4-12(2)5-8-14;1-2/h1,4-11H,2H3;1-2H3. The highest BCUT2D eigenvalue weighted by atomic mass is 32.2. The third kappa shape index (κ3) is 3.10. The van der Waals surface area contributed by atoms with Gasteiger partial charge < -0.3 is 0 Å². The molecule has 0 aliphatic rings. The number of terminal acetylenes is 1. The molecule has 0 fully saturated rings. The van der Waals surface area contributed by atoms with E-state index in [0.29, 0.717) is 5.69 Å². The van der Waals surface area contributed by atoms with Gasteiger partial charge in [-0.3, -0.25) is 3.97 Å². The van der Waals surface area contributed by atoms with Gasteiger partial charge in [0, 0.05) is 6.20 Å². The molecule has 4 heteroatoms. The molecule has 22 heavy (non-hydrogen) atoms. The molecular weight excluding hydrogens is 292 g/mol. The lowest BCUT2D eigenvalue weighted by Gasteiger charge is -2.05. The molecule has 0 radical (unpaired) electrons. The lowest BCUT2D eigenvalue weighted by Crippen LogP contribution is -2.03. The monoisotopic (exact) mass is 310 g/mol. The van der Waals surface area contributed by atoms with Crippen LogP contribution in [0.3, 0.4) is 0 Å². The van der Waals surface area contributed by atoms with E-state index in [4.69, 9.17) is 6.42 Å². The van der Waals surface area contributed by atoms with Gasteiger partial charge in [0.25, 0.3) is 0 Å². The molecule has 0 saturated carbocycles. The van der Waals surface area contributed by atoms with Crippen LogP contribution in [0.25, 0.3) is 11.0 Å². The van der Waals surface area contributed by atoms with E-state index in [9.17, 15) is 4.21 Å². The second-order valence-electron chi connectivity index (χ2n) is 4.45. The Balaban J connectivity index is 0.000000847.